The molecule has 168 valence electrons. The van der Waals surface area contributed by atoms with Gasteiger partial charge in [-0.25, -0.2) is 0 Å². The zero-order valence-electron chi connectivity index (χ0n) is 16.8. The third-order valence-corrected chi connectivity index (χ3v) is 5.40. The molecule has 0 spiro atoms. The molecule has 0 radical (unpaired) electrons. The molecule has 3 atom stereocenters. The summed E-state index contributed by atoms with van der Waals surface area (Å²) in [6, 6.07) is 10.6. The van der Waals surface area contributed by atoms with E-state index >= 15 is 0 Å². The van der Waals surface area contributed by atoms with Crippen molar-refractivity contribution in [3.8, 4) is 0 Å². The summed E-state index contributed by atoms with van der Waals surface area (Å²) in [6.45, 7) is 3.36. The van der Waals surface area contributed by atoms with Crippen LogP contribution in [0.5, 0.6) is 0 Å². The van der Waals surface area contributed by atoms with E-state index in [1.54, 1.807) is 4.90 Å². The van der Waals surface area contributed by atoms with Gasteiger partial charge in [-0.15, -0.1) is 0 Å². The van der Waals surface area contributed by atoms with Crippen molar-refractivity contribution in [3.63, 3.8) is 0 Å². The second kappa shape index (κ2) is 8.53. The minimum absolute atomic E-state index is 0.0933. The summed E-state index contributed by atoms with van der Waals surface area (Å²) in [7, 11) is 0. The highest BCUT2D eigenvalue weighted by Crippen LogP contribution is 2.39. The highest BCUT2D eigenvalue weighted by Gasteiger charge is 2.39. The molecule has 31 heavy (non-hydrogen) atoms. The van der Waals surface area contributed by atoms with Crippen LogP contribution in [-0.2, 0) is 21.9 Å². The van der Waals surface area contributed by atoms with Gasteiger partial charge in [-0.3, -0.25) is 4.79 Å². The second-order valence-electron chi connectivity index (χ2n) is 7.60. The van der Waals surface area contributed by atoms with Gasteiger partial charge in [0.25, 0.3) is 0 Å². The molecule has 1 fully saturated rings. The zero-order valence-corrected chi connectivity index (χ0v) is 16.8. The van der Waals surface area contributed by atoms with Gasteiger partial charge in [-0.2, -0.15) is 26.3 Å². The van der Waals surface area contributed by atoms with Crippen molar-refractivity contribution in [1.82, 2.24) is 4.90 Å². The molecule has 2 aromatic carbocycles. The molecule has 3 rings (SSSR count). The van der Waals surface area contributed by atoms with Gasteiger partial charge in [0.1, 0.15) is 0 Å². The van der Waals surface area contributed by atoms with E-state index in [-0.39, 0.29) is 30.0 Å². The number of carbonyl (C=O) groups excluding carboxylic acids is 1. The predicted molar refractivity (Wildman–Crippen MR) is 101 cm³/mol. The fraction of sp³-hybridized carbons (Fsp3) is 0.409. The van der Waals surface area contributed by atoms with Crippen LogP contribution in [0.25, 0.3) is 0 Å². The molecule has 0 N–H and O–H groups in total. The number of hydrogen-bond donors (Lipinski definition) is 0. The maximum absolute atomic E-state index is 13.2. The predicted octanol–water partition coefficient (Wildman–Crippen LogP) is 5.82. The van der Waals surface area contributed by atoms with Crippen LogP contribution >= 0.6 is 0 Å². The Kier molecular flexibility index (Phi) is 6.36. The molecule has 1 amide bonds. The molecule has 1 heterocycles. The summed E-state index contributed by atoms with van der Waals surface area (Å²) < 4.78 is 85.0. The Bertz CT molecular complexity index is 894. The number of rotatable bonds is 4. The highest BCUT2D eigenvalue weighted by molar-refractivity contribution is 5.73. The molecule has 1 aliphatic heterocycles. The Morgan fingerprint density at radius 1 is 0.968 bits per heavy atom. The van der Waals surface area contributed by atoms with Gasteiger partial charge < -0.3 is 9.64 Å². The van der Waals surface area contributed by atoms with Crippen LogP contribution in [0.3, 0.4) is 0 Å². The number of amides is 1. The molecule has 1 aliphatic rings. The molecule has 9 heteroatoms. The Hall–Kier alpha value is -2.55. The third kappa shape index (κ3) is 5.39. The molecule has 0 aromatic heterocycles. The average molecular weight is 445 g/mol. The van der Waals surface area contributed by atoms with Crippen LogP contribution < -0.4 is 0 Å². The average Bonchev–Trinajstić information content (AvgIpc) is 3.11. The van der Waals surface area contributed by atoms with E-state index in [0.717, 1.165) is 5.56 Å². The summed E-state index contributed by atoms with van der Waals surface area (Å²) in [6.07, 6.45) is -11.5. The fourth-order valence-corrected chi connectivity index (χ4v) is 3.74. The molecule has 3 nitrogen and oxygen atoms in total. The lowest BCUT2D eigenvalue weighted by molar-refractivity contribution is -0.143. The Morgan fingerprint density at radius 3 is 2.00 bits per heavy atom. The number of nitrogens with zero attached hydrogens (tertiary/aromatic N) is 1. The molecule has 2 aromatic rings. The van der Waals surface area contributed by atoms with Gasteiger partial charge in [0.15, 0.2) is 0 Å². The summed E-state index contributed by atoms with van der Waals surface area (Å²) in [4.78, 5) is 13.4. The number of halogens is 6. The minimum atomic E-state index is -4.93. The van der Waals surface area contributed by atoms with Crippen molar-refractivity contribution >= 4 is 5.91 Å². The summed E-state index contributed by atoms with van der Waals surface area (Å²) in [5, 5.41) is 0. The van der Waals surface area contributed by atoms with Crippen molar-refractivity contribution in [3.05, 3.63) is 70.8 Å². The van der Waals surface area contributed by atoms with Crippen molar-refractivity contribution in [2.24, 2.45) is 0 Å². The molecular weight excluding hydrogens is 424 g/mol. The van der Waals surface area contributed by atoms with Crippen LogP contribution in [0.4, 0.5) is 26.3 Å². The first-order valence-electron chi connectivity index (χ1n) is 9.61. The zero-order chi connectivity index (χ0) is 23.0. The largest absolute Gasteiger partial charge is 0.416 e. The topological polar surface area (TPSA) is 29.5 Å². The monoisotopic (exact) mass is 445 g/mol. The maximum atomic E-state index is 13.2. The number of carbonyl (C=O) groups is 1. The summed E-state index contributed by atoms with van der Waals surface area (Å²) in [5.41, 5.74) is -2.12. The van der Waals surface area contributed by atoms with Crippen molar-refractivity contribution in [2.75, 3.05) is 13.1 Å². The summed E-state index contributed by atoms with van der Waals surface area (Å²) in [5.74, 6) is -0.432. The van der Waals surface area contributed by atoms with E-state index in [0.29, 0.717) is 18.7 Å². The minimum Gasteiger partial charge on any atom is -0.368 e. The van der Waals surface area contributed by atoms with Crippen LogP contribution in [0.2, 0.25) is 0 Å². The van der Waals surface area contributed by atoms with Gasteiger partial charge in [-0.05, 0) is 36.2 Å². The van der Waals surface area contributed by atoms with Gasteiger partial charge >= 0.3 is 12.4 Å². The van der Waals surface area contributed by atoms with Crippen LogP contribution in [-0.4, -0.2) is 30.0 Å². The molecule has 1 saturated heterocycles. The van der Waals surface area contributed by atoms with Gasteiger partial charge in [-0.1, -0.05) is 30.3 Å². The van der Waals surface area contributed by atoms with Crippen molar-refractivity contribution < 1.29 is 35.9 Å². The SMILES string of the molecule is CC(=O)N1C[C@@H](O[C@H](C)c2cc(C(F)(F)F)cc(C(F)(F)F)c2)[C@H](c2ccccc2)C1. The number of benzene rings is 2. The van der Waals surface area contributed by atoms with E-state index in [1.807, 2.05) is 30.3 Å². The van der Waals surface area contributed by atoms with Crippen molar-refractivity contribution in [1.29, 1.82) is 0 Å². The third-order valence-electron chi connectivity index (χ3n) is 5.40. The lowest BCUT2D eigenvalue weighted by atomic mass is 9.95. The first-order valence-corrected chi connectivity index (χ1v) is 9.61. The van der Waals surface area contributed by atoms with Crippen LogP contribution in [0.15, 0.2) is 48.5 Å². The maximum Gasteiger partial charge on any atom is 0.416 e. The van der Waals surface area contributed by atoms with E-state index < -0.39 is 35.7 Å². The molecular formula is C22H21F6NO2. The molecule has 0 aliphatic carbocycles. The lowest BCUT2D eigenvalue weighted by Gasteiger charge is -2.25. The fourth-order valence-electron chi connectivity index (χ4n) is 3.74. The molecule has 0 saturated carbocycles. The Labute approximate surface area is 175 Å². The van der Waals surface area contributed by atoms with Crippen LogP contribution in [0.1, 0.15) is 48.1 Å². The standard InChI is InChI=1S/C22H21F6NO2/c1-13(16-8-17(21(23,24)25)10-18(9-16)22(26,27)28)31-20-12-29(14(2)30)11-19(20)15-6-4-3-5-7-15/h3-10,13,19-20H,11-12H2,1-2H3/t13-,19+,20-/m1/s1. The van der Waals surface area contributed by atoms with E-state index in [4.69, 9.17) is 4.74 Å². The second-order valence-corrected chi connectivity index (χ2v) is 7.60. The van der Waals surface area contributed by atoms with E-state index in [2.05, 4.69) is 0 Å². The van der Waals surface area contributed by atoms with Gasteiger partial charge in [0, 0.05) is 25.9 Å². The first-order chi connectivity index (χ1) is 14.4. The number of alkyl halides is 6. The van der Waals surface area contributed by atoms with Gasteiger partial charge in [0.2, 0.25) is 5.91 Å². The highest BCUT2D eigenvalue weighted by atomic mass is 19.4. The lowest BCUT2D eigenvalue weighted by Crippen LogP contribution is -2.28. The van der Waals surface area contributed by atoms with Gasteiger partial charge in [0.05, 0.1) is 23.3 Å². The van der Waals surface area contributed by atoms with Crippen LogP contribution in [0, 0.1) is 0 Å². The summed E-state index contributed by atoms with van der Waals surface area (Å²) >= 11 is 0. The molecule has 0 unspecified atom stereocenters. The normalized spacial score (nSPS) is 20.7. The van der Waals surface area contributed by atoms with Crippen molar-refractivity contribution in [2.45, 2.75) is 44.3 Å². The smallest absolute Gasteiger partial charge is 0.368 e. The molecule has 0 bridgehead atoms. The Balaban J connectivity index is 1.91. The number of hydrogen-bond acceptors (Lipinski definition) is 2. The quantitative estimate of drug-likeness (QED) is 0.556. The number of ether oxygens (including phenoxy) is 1. The number of likely N-dealkylation sites (tertiary alicyclic amines) is 1. The van der Waals surface area contributed by atoms with E-state index in [1.165, 1.54) is 13.8 Å². The first kappa shape index (κ1) is 23.1. The Morgan fingerprint density at radius 2 is 1.52 bits per heavy atom. The van der Waals surface area contributed by atoms with E-state index in [9.17, 15) is 31.1 Å².